The van der Waals surface area contributed by atoms with Crippen molar-refractivity contribution in [2.75, 3.05) is 0 Å². The number of carbonyl (C=O) groups is 1. The van der Waals surface area contributed by atoms with Gasteiger partial charge in [0.2, 0.25) is 5.91 Å². The monoisotopic (exact) mass is 516 g/mol. The quantitative estimate of drug-likeness (QED) is 0.334. The van der Waals surface area contributed by atoms with E-state index in [4.69, 9.17) is 10.7 Å². The smallest absolute Gasteiger partial charge is 0.366 e. The molecule has 1 fully saturated rings. The van der Waals surface area contributed by atoms with Gasteiger partial charge in [-0.15, -0.1) is 0 Å². The predicted molar refractivity (Wildman–Crippen MR) is 134 cm³/mol. The van der Waals surface area contributed by atoms with Crippen molar-refractivity contribution in [3.05, 3.63) is 95.7 Å². The summed E-state index contributed by atoms with van der Waals surface area (Å²) in [6, 6.07) is 19.1. The second-order valence-corrected chi connectivity index (χ2v) is 8.66. The number of imidazole rings is 1. The summed E-state index contributed by atoms with van der Waals surface area (Å²) in [5.74, 6) is 0.313. The van der Waals surface area contributed by atoms with Crippen molar-refractivity contribution in [2.24, 2.45) is 5.73 Å². The highest BCUT2D eigenvalue weighted by Gasteiger charge is 2.17. The Hall–Kier alpha value is -4.36. The van der Waals surface area contributed by atoms with Crippen LogP contribution in [-0.4, -0.2) is 35.0 Å². The summed E-state index contributed by atoms with van der Waals surface area (Å²) in [7, 11) is 0. The molecule has 1 amide bonds. The summed E-state index contributed by atoms with van der Waals surface area (Å²) >= 11 is -1.61. The fourth-order valence-electron chi connectivity index (χ4n) is 3.77. The number of H-pyrrole nitrogens is 1. The minimum atomic E-state index is -1.61. The molecule has 3 aromatic heterocycles. The van der Waals surface area contributed by atoms with E-state index in [1.165, 1.54) is 0 Å². The summed E-state index contributed by atoms with van der Waals surface area (Å²) in [4.78, 5) is 33.4. The van der Waals surface area contributed by atoms with Crippen LogP contribution >= 0.6 is 0 Å². The van der Waals surface area contributed by atoms with E-state index in [0.717, 1.165) is 50.8 Å². The van der Waals surface area contributed by atoms with Crippen molar-refractivity contribution in [1.82, 2.24) is 24.9 Å². The first kappa shape index (κ1) is 24.3. The molecular formula is C25H20N6O5S. The number of pyridine rings is 1. The maximum atomic E-state index is 11.6. The molecule has 2 aromatic carbocycles. The lowest BCUT2D eigenvalue weighted by Gasteiger charge is -2.04. The van der Waals surface area contributed by atoms with Crippen LogP contribution in [0, 0.1) is 6.92 Å². The summed E-state index contributed by atoms with van der Waals surface area (Å²) in [6.45, 7) is 1.96. The molecule has 5 aromatic rings. The number of aromatic amines is 1. The summed E-state index contributed by atoms with van der Waals surface area (Å²) in [5.41, 5.74) is 12.7. The number of benzene rings is 2. The summed E-state index contributed by atoms with van der Waals surface area (Å²) < 4.78 is 16.8. The molecule has 0 spiro atoms. The Morgan fingerprint density at radius 3 is 2.43 bits per heavy atom. The van der Waals surface area contributed by atoms with E-state index in [1.54, 1.807) is 24.5 Å². The number of nitrogens with one attached hydrogen (secondary N) is 1. The number of aromatic nitrogens is 5. The minimum absolute atomic E-state index is 0.450. The summed E-state index contributed by atoms with van der Waals surface area (Å²) in [5, 5.41) is 3.53. The molecule has 0 saturated carbocycles. The average molecular weight is 517 g/mol. The van der Waals surface area contributed by atoms with Crippen LogP contribution in [-0.2, 0) is 31.5 Å². The highest BCUT2D eigenvalue weighted by Crippen LogP contribution is 2.31. The minimum Gasteiger partial charge on any atom is -0.366 e. The lowest BCUT2D eigenvalue weighted by Crippen LogP contribution is -2.12. The third kappa shape index (κ3) is 5.73. The van der Waals surface area contributed by atoms with E-state index < -0.39 is 17.3 Å². The van der Waals surface area contributed by atoms with Gasteiger partial charge in [-0.1, -0.05) is 32.9 Å². The molecule has 37 heavy (non-hydrogen) atoms. The van der Waals surface area contributed by atoms with Crippen molar-refractivity contribution in [3.8, 4) is 22.6 Å². The number of primary amides is 1. The van der Waals surface area contributed by atoms with Gasteiger partial charge in [0.25, 0.3) is 0 Å². The molecule has 11 nitrogen and oxygen atoms in total. The van der Waals surface area contributed by atoms with Crippen molar-refractivity contribution >= 4 is 28.3 Å². The zero-order valence-corrected chi connectivity index (χ0v) is 20.3. The molecule has 1 saturated heterocycles. The van der Waals surface area contributed by atoms with Crippen molar-refractivity contribution < 1.29 is 22.7 Å². The van der Waals surface area contributed by atoms with Crippen LogP contribution in [0.1, 0.15) is 27.4 Å². The van der Waals surface area contributed by atoms with E-state index in [9.17, 15) is 9.00 Å². The van der Waals surface area contributed by atoms with Gasteiger partial charge in [0.1, 0.15) is 5.82 Å². The Morgan fingerprint density at radius 1 is 0.973 bits per heavy atom. The first-order valence-electron chi connectivity index (χ1n) is 11.0. The van der Waals surface area contributed by atoms with Crippen LogP contribution in [0.4, 0.5) is 0 Å². The van der Waals surface area contributed by atoms with Gasteiger partial charge in [0.15, 0.2) is 0 Å². The van der Waals surface area contributed by atoms with Crippen molar-refractivity contribution in [3.63, 3.8) is 0 Å². The van der Waals surface area contributed by atoms with E-state index in [1.807, 2.05) is 55.5 Å². The average Bonchev–Trinajstić information content (AvgIpc) is 3.31. The van der Waals surface area contributed by atoms with Gasteiger partial charge in [0.05, 0.1) is 28.1 Å². The molecule has 6 rings (SSSR count). The van der Waals surface area contributed by atoms with Crippen LogP contribution in [0.15, 0.2) is 73.1 Å². The van der Waals surface area contributed by atoms with E-state index in [0.29, 0.717) is 12.0 Å². The second kappa shape index (κ2) is 10.7. The van der Waals surface area contributed by atoms with Gasteiger partial charge in [-0.05, 0) is 53.9 Å². The molecule has 0 unspecified atom stereocenters. The normalized spacial score (nSPS) is 13.0. The van der Waals surface area contributed by atoms with Gasteiger partial charge in [-0.2, -0.15) is 4.21 Å². The highest BCUT2D eigenvalue weighted by molar-refractivity contribution is 7.75. The molecule has 0 atom stereocenters. The van der Waals surface area contributed by atoms with Crippen LogP contribution in [0.2, 0.25) is 0 Å². The topological polar surface area (TPSA) is 155 Å². The van der Waals surface area contributed by atoms with Crippen LogP contribution in [0.3, 0.4) is 0 Å². The third-order valence-corrected chi connectivity index (χ3v) is 5.72. The molecule has 0 radical (unpaired) electrons. The first-order valence-corrected chi connectivity index (χ1v) is 12.0. The number of aryl methyl sites for hydroxylation is 1. The Labute approximate surface area is 213 Å². The maximum absolute atomic E-state index is 11.6. The number of hydrogen-bond donors (Lipinski definition) is 2. The van der Waals surface area contributed by atoms with Gasteiger partial charge in [0, 0.05) is 35.6 Å². The molecule has 0 aliphatic carbocycles. The molecule has 186 valence electrons. The van der Waals surface area contributed by atoms with Crippen molar-refractivity contribution in [2.45, 2.75) is 13.3 Å². The Morgan fingerprint density at radius 2 is 1.73 bits per heavy atom. The lowest BCUT2D eigenvalue weighted by molar-refractivity contribution is -0.469. The molecule has 0 bridgehead atoms. The molecule has 3 N–H and O–H groups in total. The number of carbonyl (C=O) groups excluding carboxylic acids is 1. The fourth-order valence-corrected chi connectivity index (χ4v) is 3.87. The van der Waals surface area contributed by atoms with Crippen LogP contribution < -0.4 is 5.73 Å². The zero-order valence-electron chi connectivity index (χ0n) is 19.5. The maximum Gasteiger partial charge on any atom is 0.367 e. The predicted octanol–water partition coefficient (Wildman–Crippen LogP) is 3.54. The van der Waals surface area contributed by atoms with E-state index in [-0.39, 0.29) is 0 Å². The molecular weight excluding hydrogens is 496 g/mol. The third-order valence-electron chi connectivity index (χ3n) is 5.39. The van der Waals surface area contributed by atoms with Gasteiger partial charge in [-0.25, -0.2) is 4.98 Å². The van der Waals surface area contributed by atoms with Gasteiger partial charge < -0.3 is 10.7 Å². The number of rotatable bonds is 5. The standard InChI is InChI=1S/C25H20N6O.O4S/c1-15-4-2-7-20(29-15)24-23(17-8-9-19-21(14-17)28-11-10-27-19)30-22(31-24)13-16-5-3-6-18(12-16)25(26)32;1-5-3-2-4-5/h2-12,14H,13H2,1H3,(H2,26,32)(H,30,31);. The van der Waals surface area contributed by atoms with Crippen LogP contribution in [0.25, 0.3) is 33.7 Å². The molecule has 1 aliphatic heterocycles. The van der Waals surface area contributed by atoms with Crippen LogP contribution in [0.5, 0.6) is 0 Å². The Kier molecular flexibility index (Phi) is 7.05. The SMILES string of the molecule is Cc1cccc(-c2[nH]c(Cc3cccc(C(N)=O)c3)nc2-c2ccc3nccnc3c2)n1.O=S1OOO1. The molecule has 12 heteroatoms. The molecule has 1 aliphatic rings. The number of amides is 1. The zero-order chi connectivity index (χ0) is 25.8. The highest BCUT2D eigenvalue weighted by atomic mass is 32.2. The molecule has 4 heterocycles. The number of hydrogen-bond acceptors (Lipinski definition) is 9. The van der Waals surface area contributed by atoms with E-state index in [2.05, 4.69) is 33.6 Å². The lowest BCUT2D eigenvalue weighted by atomic mass is 10.1. The first-order chi connectivity index (χ1) is 18.0. The van der Waals surface area contributed by atoms with Gasteiger partial charge >= 0.3 is 11.4 Å². The Bertz CT molecular complexity index is 1620. The van der Waals surface area contributed by atoms with Crippen molar-refractivity contribution in [1.29, 1.82) is 0 Å². The largest absolute Gasteiger partial charge is 0.367 e. The Balaban J connectivity index is 0.000000503. The number of fused-ring (bicyclic) bond motifs is 1. The fraction of sp³-hybridized carbons (Fsp3) is 0.0800. The second-order valence-electron chi connectivity index (χ2n) is 7.98. The number of nitrogens with zero attached hydrogens (tertiary/aromatic N) is 4. The van der Waals surface area contributed by atoms with E-state index >= 15 is 0 Å². The van der Waals surface area contributed by atoms with Gasteiger partial charge in [-0.3, -0.25) is 19.7 Å². The summed E-state index contributed by atoms with van der Waals surface area (Å²) in [6.07, 6.45) is 3.88. The number of nitrogens with two attached hydrogens (primary N) is 1.